The molecule has 98 valence electrons. The van der Waals surface area contributed by atoms with Crippen molar-refractivity contribution in [2.45, 2.75) is 19.1 Å². The van der Waals surface area contributed by atoms with Crippen LogP contribution in [0.3, 0.4) is 0 Å². The number of carboxylic acids is 1. The zero-order valence-corrected chi connectivity index (χ0v) is 11.1. The summed E-state index contributed by atoms with van der Waals surface area (Å²) < 4.78 is 0. The number of Topliss-reactive ketones (excluding diaryl/α,β-unsaturated/α-hetero) is 1. The van der Waals surface area contributed by atoms with Gasteiger partial charge in [0.25, 0.3) is 0 Å². The molecule has 18 heavy (non-hydrogen) atoms. The molecular weight excluding hydrogens is 304 g/mol. The first-order valence-corrected chi connectivity index (χ1v) is 6.33. The lowest BCUT2D eigenvalue weighted by molar-refractivity contribution is -0.147. The Kier molecular flexibility index (Phi) is 5.46. The molecule has 0 aliphatic rings. The van der Waals surface area contributed by atoms with E-state index in [0.29, 0.717) is 11.1 Å². The molecule has 0 aliphatic carbocycles. The van der Waals surface area contributed by atoms with Crippen LogP contribution in [0.4, 0.5) is 0 Å². The maximum absolute atomic E-state index is 11.4. The summed E-state index contributed by atoms with van der Waals surface area (Å²) in [5.74, 6) is -1.49. The molecule has 1 rings (SSSR count). The van der Waals surface area contributed by atoms with Crippen LogP contribution in [-0.4, -0.2) is 32.4 Å². The predicted molar refractivity (Wildman–Crippen MR) is 67.5 cm³/mol. The first kappa shape index (κ1) is 14.8. The third-order valence-electron chi connectivity index (χ3n) is 2.53. The number of aliphatic hydroxyl groups is 2. The average Bonchev–Trinajstić information content (AvgIpc) is 2.37. The van der Waals surface area contributed by atoms with Crippen LogP contribution in [0.25, 0.3) is 0 Å². The Balaban J connectivity index is 3.17. The Labute approximate surface area is 112 Å². The van der Waals surface area contributed by atoms with Crippen molar-refractivity contribution in [3.8, 4) is 0 Å². The van der Waals surface area contributed by atoms with E-state index in [9.17, 15) is 19.8 Å². The van der Waals surface area contributed by atoms with Crippen molar-refractivity contribution in [2.24, 2.45) is 0 Å². The number of hydrogen-bond acceptors (Lipinski definition) is 4. The lowest BCUT2D eigenvalue weighted by Gasteiger charge is -2.14. The first-order chi connectivity index (χ1) is 8.51. The number of aliphatic hydroxyl groups excluding tert-OH is 2. The van der Waals surface area contributed by atoms with Crippen LogP contribution >= 0.6 is 15.9 Å². The van der Waals surface area contributed by atoms with Gasteiger partial charge in [0.05, 0.1) is 11.9 Å². The standard InChI is InChI=1S/C12H13BrO5/c13-5-8(15)4-7-2-1-3-9(10(7)6-14)11(16)12(17)18/h1-3,11,14,16H,4-6H2,(H,17,18). The molecule has 0 radical (unpaired) electrons. The summed E-state index contributed by atoms with van der Waals surface area (Å²) in [6, 6.07) is 4.61. The molecule has 1 unspecified atom stereocenters. The van der Waals surface area contributed by atoms with Crippen molar-refractivity contribution < 1.29 is 24.9 Å². The number of hydrogen-bond donors (Lipinski definition) is 3. The molecule has 1 aromatic rings. The van der Waals surface area contributed by atoms with E-state index in [-0.39, 0.29) is 23.1 Å². The molecule has 0 aliphatic heterocycles. The van der Waals surface area contributed by atoms with E-state index in [4.69, 9.17) is 5.11 Å². The molecule has 5 nitrogen and oxygen atoms in total. The van der Waals surface area contributed by atoms with E-state index < -0.39 is 18.7 Å². The zero-order valence-electron chi connectivity index (χ0n) is 9.47. The summed E-state index contributed by atoms with van der Waals surface area (Å²) in [4.78, 5) is 22.1. The highest BCUT2D eigenvalue weighted by Crippen LogP contribution is 2.23. The van der Waals surface area contributed by atoms with Crippen LogP contribution in [0, 0.1) is 0 Å². The van der Waals surface area contributed by atoms with Crippen LogP contribution < -0.4 is 0 Å². The topological polar surface area (TPSA) is 94.8 Å². The molecule has 0 saturated heterocycles. The maximum atomic E-state index is 11.4. The lowest BCUT2D eigenvalue weighted by atomic mass is 9.95. The molecule has 0 saturated carbocycles. The molecular formula is C12H13BrO5. The van der Waals surface area contributed by atoms with Gasteiger partial charge in [-0.15, -0.1) is 0 Å². The Hall–Kier alpha value is -1.24. The number of ketones is 1. The summed E-state index contributed by atoms with van der Waals surface area (Å²) >= 11 is 3.03. The number of alkyl halides is 1. The summed E-state index contributed by atoms with van der Waals surface area (Å²) in [5, 5.41) is 27.8. The molecule has 6 heteroatoms. The zero-order chi connectivity index (χ0) is 13.7. The van der Waals surface area contributed by atoms with Gasteiger partial charge < -0.3 is 15.3 Å². The number of benzene rings is 1. The second-order valence-corrected chi connectivity index (χ2v) is 4.29. The van der Waals surface area contributed by atoms with Gasteiger partial charge in [-0.2, -0.15) is 0 Å². The Morgan fingerprint density at radius 2 is 2.00 bits per heavy atom. The molecule has 0 fully saturated rings. The number of carboxylic acid groups (broad SMARTS) is 1. The quantitative estimate of drug-likeness (QED) is 0.675. The monoisotopic (exact) mass is 316 g/mol. The van der Waals surface area contributed by atoms with Crippen molar-refractivity contribution >= 4 is 27.7 Å². The third kappa shape index (κ3) is 3.38. The predicted octanol–water partition coefficient (Wildman–Crippen LogP) is 0.803. The van der Waals surface area contributed by atoms with Gasteiger partial charge in [-0.25, -0.2) is 4.79 Å². The SMILES string of the molecule is O=C(CBr)Cc1cccc(C(O)C(=O)O)c1CO. The number of rotatable bonds is 6. The minimum Gasteiger partial charge on any atom is -0.479 e. The van der Waals surface area contributed by atoms with Gasteiger partial charge in [0, 0.05) is 6.42 Å². The third-order valence-corrected chi connectivity index (χ3v) is 3.16. The Bertz CT molecular complexity index is 458. The van der Waals surface area contributed by atoms with Gasteiger partial charge in [-0.3, -0.25) is 4.79 Å². The average molecular weight is 317 g/mol. The molecule has 0 amide bonds. The largest absolute Gasteiger partial charge is 0.479 e. The highest BCUT2D eigenvalue weighted by molar-refractivity contribution is 9.09. The van der Waals surface area contributed by atoms with E-state index in [1.807, 2.05) is 0 Å². The second-order valence-electron chi connectivity index (χ2n) is 3.73. The van der Waals surface area contributed by atoms with E-state index in [0.717, 1.165) is 0 Å². The molecule has 3 N–H and O–H groups in total. The molecule has 0 aromatic heterocycles. The van der Waals surface area contributed by atoms with Crippen molar-refractivity contribution in [2.75, 3.05) is 5.33 Å². The fourth-order valence-electron chi connectivity index (χ4n) is 1.66. The van der Waals surface area contributed by atoms with Crippen LogP contribution in [-0.2, 0) is 22.6 Å². The first-order valence-electron chi connectivity index (χ1n) is 5.21. The van der Waals surface area contributed by atoms with Crippen LogP contribution in [0.1, 0.15) is 22.8 Å². The van der Waals surface area contributed by atoms with Crippen LogP contribution in [0.2, 0.25) is 0 Å². The normalized spacial score (nSPS) is 12.2. The van der Waals surface area contributed by atoms with Crippen LogP contribution in [0.5, 0.6) is 0 Å². The van der Waals surface area contributed by atoms with E-state index >= 15 is 0 Å². The Morgan fingerprint density at radius 1 is 1.33 bits per heavy atom. The van der Waals surface area contributed by atoms with Crippen molar-refractivity contribution in [1.29, 1.82) is 0 Å². The highest BCUT2D eigenvalue weighted by Gasteiger charge is 2.21. The van der Waals surface area contributed by atoms with E-state index in [1.165, 1.54) is 6.07 Å². The molecule has 0 heterocycles. The molecule has 0 bridgehead atoms. The van der Waals surface area contributed by atoms with Gasteiger partial charge in [-0.05, 0) is 16.7 Å². The minimum atomic E-state index is -1.70. The molecule has 1 aromatic carbocycles. The van der Waals surface area contributed by atoms with Crippen molar-refractivity contribution in [1.82, 2.24) is 0 Å². The maximum Gasteiger partial charge on any atom is 0.337 e. The summed E-state index contributed by atoms with van der Waals surface area (Å²) in [7, 11) is 0. The van der Waals surface area contributed by atoms with Gasteiger partial charge in [0.2, 0.25) is 0 Å². The van der Waals surface area contributed by atoms with Gasteiger partial charge in [-0.1, -0.05) is 34.1 Å². The van der Waals surface area contributed by atoms with Gasteiger partial charge in [0.1, 0.15) is 5.78 Å². The van der Waals surface area contributed by atoms with Crippen molar-refractivity contribution in [3.05, 3.63) is 34.9 Å². The fraction of sp³-hybridized carbons (Fsp3) is 0.333. The Morgan fingerprint density at radius 3 is 2.50 bits per heavy atom. The highest BCUT2D eigenvalue weighted by atomic mass is 79.9. The summed E-state index contributed by atoms with van der Waals surface area (Å²) in [6.45, 7) is -0.425. The number of carbonyl (C=O) groups is 2. The molecule has 0 spiro atoms. The van der Waals surface area contributed by atoms with E-state index in [2.05, 4.69) is 15.9 Å². The number of halogens is 1. The van der Waals surface area contributed by atoms with Gasteiger partial charge in [0.15, 0.2) is 6.10 Å². The number of aliphatic carboxylic acids is 1. The summed E-state index contributed by atoms with van der Waals surface area (Å²) in [6.07, 6.45) is -1.62. The van der Waals surface area contributed by atoms with Gasteiger partial charge >= 0.3 is 5.97 Å². The second kappa shape index (κ2) is 6.63. The summed E-state index contributed by atoms with van der Waals surface area (Å²) in [5.41, 5.74) is 0.936. The minimum absolute atomic E-state index is 0.0846. The number of carbonyl (C=O) groups excluding carboxylic acids is 1. The lowest BCUT2D eigenvalue weighted by Crippen LogP contribution is -2.15. The van der Waals surface area contributed by atoms with Crippen molar-refractivity contribution in [3.63, 3.8) is 0 Å². The molecule has 1 atom stereocenters. The smallest absolute Gasteiger partial charge is 0.337 e. The van der Waals surface area contributed by atoms with E-state index in [1.54, 1.807) is 12.1 Å². The van der Waals surface area contributed by atoms with Crippen LogP contribution in [0.15, 0.2) is 18.2 Å². The fourth-order valence-corrected chi connectivity index (χ4v) is 1.86.